The highest BCUT2D eigenvalue weighted by molar-refractivity contribution is 6.32. The number of carbonyl (C=O) groups is 1. The molecular formula is C11H15Cl3N2O2. The zero-order valence-corrected chi connectivity index (χ0v) is 12.2. The Balaban J connectivity index is 0.00000289. The molecule has 1 rings (SSSR count). The second-order valence-corrected chi connectivity index (χ2v) is 4.40. The van der Waals surface area contributed by atoms with Crippen LogP contribution < -0.4 is 5.73 Å². The van der Waals surface area contributed by atoms with Crippen LogP contribution in [-0.4, -0.2) is 17.0 Å². The fraction of sp³-hybridized carbons (Fsp3) is 0.455. The van der Waals surface area contributed by atoms with Crippen LogP contribution in [0.3, 0.4) is 0 Å². The molecule has 0 aliphatic carbocycles. The van der Waals surface area contributed by atoms with Gasteiger partial charge in [-0.15, -0.1) is 12.4 Å². The smallest absolute Gasteiger partial charge is 0.323 e. The number of ether oxygens (including phenoxy) is 1. The van der Waals surface area contributed by atoms with Gasteiger partial charge < -0.3 is 10.5 Å². The number of pyridine rings is 1. The Morgan fingerprint density at radius 2 is 2.00 bits per heavy atom. The zero-order chi connectivity index (χ0) is 12.8. The lowest BCUT2D eigenvalue weighted by atomic mass is 10.2. The minimum atomic E-state index is -0.576. The molecule has 0 radical (unpaired) electrons. The number of nitrogens with zero attached hydrogens (tertiary/aromatic N) is 1. The topological polar surface area (TPSA) is 65.2 Å². The Bertz CT molecular complexity index is 382. The maximum Gasteiger partial charge on any atom is 0.323 e. The summed E-state index contributed by atoms with van der Waals surface area (Å²) in [4.78, 5) is 15.2. The maximum atomic E-state index is 11.4. The molecule has 0 saturated carbocycles. The molecule has 1 aromatic heterocycles. The van der Waals surface area contributed by atoms with Crippen molar-refractivity contribution in [1.29, 1.82) is 0 Å². The van der Waals surface area contributed by atoms with Gasteiger partial charge >= 0.3 is 5.97 Å². The first-order chi connectivity index (χ1) is 8.02. The third-order valence-corrected chi connectivity index (χ3v) is 2.49. The number of hydrogen-bond donors (Lipinski definition) is 1. The van der Waals surface area contributed by atoms with Crippen molar-refractivity contribution < 1.29 is 9.53 Å². The lowest BCUT2D eigenvalue weighted by molar-refractivity contribution is -0.146. The standard InChI is InChI=1S/C11H14Cl2N2O2.ClH/c1-2-3-8(14)11(16)17-6-7-4-9(12)15-10(13)5-7;/h4-5,8H,2-3,6,14H2,1H3;1H/t8-;/m0./s1. The third kappa shape index (κ3) is 5.87. The van der Waals surface area contributed by atoms with E-state index in [1.54, 1.807) is 12.1 Å². The number of hydrogen-bond acceptors (Lipinski definition) is 4. The molecule has 4 nitrogen and oxygen atoms in total. The number of esters is 1. The SMILES string of the molecule is CCC[C@H](N)C(=O)OCc1cc(Cl)nc(Cl)c1.Cl. The van der Waals surface area contributed by atoms with E-state index in [1.807, 2.05) is 6.92 Å². The average molecular weight is 314 g/mol. The van der Waals surface area contributed by atoms with E-state index >= 15 is 0 Å². The molecule has 2 N–H and O–H groups in total. The van der Waals surface area contributed by atoms with E-state index in [4.69, 9.17) is 33.7 Å². The molecule has 1 heterocycles. The van der Waals surface area contributed by atoms with Crippen molar-refractivity contribution in [3.8, 4) is 0 Å². The summed E-state index contributed by atoms with van der Waals surface area (Å²) in [6.45, 7) is 2.05. The van der Waals surface area contributed by atoms with E-state index in [9.17, 15) is 4.79 Å². The van der Waals surface area contributed by atoms with Gasteiger partial charge in [-0.2, -0.15) is 0 Å². The Kier molecular flexibility index (Phi) is 8.27. The molecule has 0 fully saturated rings. The molecule has 0 aliphatic rings. The average Bonchev–Trinajstić information content (AvgIpc) is 2.25. The van der Waals surface area contributed by atoms with Crippen molar-refractivity contribution in [2.24, 2.45) is 5.73 Å². The highest BCUT2D eigenvalue weighted by Crippen LogP contribution is 2.15. The third-order valence-electron chi connectivity index (χ3n) is 2.11. The van der Waals surface area contributed by atoms with Gasteiger partial charge in [-0.25, -0.2) is 4.98 Å². The van der Waals surface area contributed by atoms with Crippen molar-refractivity contribution >= 4 is 41.6 Å². The summed E-state index contributed by atoms with van der Waals surface area (Å²) < 4.78 is 5.04. The molecule has 18 heavy (non-hydrogen) atoms. The summed E-state index contributed by atoms with van der Waals surface area (Å²) in [7, 11) is 0. The fourth-order valence-electron chi connectivity index (χ4n) is 1.29. The summed E-state index contributed by atoms with van der Waals surface area (Å²) in [5, 5.41) is 0.530. The summed E-state index contributed by atoms with van der Waals surface area (Å²) in [6.07, 6.45) is 1.44. The van der Waals surface area contributed by atoms with E-state index in [0.29, 0.717) is 12.0 Å². The van der Waals surface area contributed by atoms with E-state index in [-0.39, 0.29) is 29.3 Å². The second-order valence-electron chi connectivity index (χ2n) is 3.62. The second kappa shape index (κ2) is 8.53. The molecule has 7 heteroatoms. The summed E-state index contributed by atoms with van der Waals surface area (Å²) in [5.41, 5.74) is 6.30. The molecule has 1 aromatic rings. The molecule has 0 amide bonds. The lowest BCUT2D eigenvalue weighted by Crippen LogP contribution is -2.31. The van der Waals surface area contributed by atoms with Crippen LogP contribution in [0.4, 0.5) is 0 Å². The monoisotopic (exact) mass is 312 g/mol. The Labute approximate surface area is 122 Å². The number of rotatable bonds is 5. The maximum absolute atomic E-state index is 11.4. The molecular weight excluding hydrogens is 298 g/mol. The van der Waals surface area contributed by atoms with Crippen LogP contribution in [0.25, 0.3) is 0 Å². The quantitative estimate of drug-likeness (QED) is 0.670. The minimum Gasteiger partial charge on any atom is -0.460 e. The van der Waals surface area contributed by atoms with Crippen molar-refractivity contribution in [3.63, 3.8) is 0 Å². The Morgan fingerprint density at radius 1 is 1.44 bits per heavy atom. The van der Waals surface area contributed by atoms with Crippen molar-refractivity contribution in [3.05, 3.63) is 28.0 Å². The Hall–Kier alpha value is -0.550. The van der Waals surface area contributed by atoms with Crippen LogP contribution in [-0.2, 0) is 16.1 Å². The minimum absolute atomic E-state index is 0. The first kappa shape index (κ1) is 17.4. The van der Waals surface area contributed by atoms with Crippen molar-refractivity contribution in [1.82, 2.24) is 4.98 Å². The molecule has 0 aliphatic heterocycles. The van der Waals surface area contributed by atoms with Crippen LogP contribution >= 0.6 is 35.6 Å². The van der Waals surface area contributed by atoms with E-state index in [0.717, 1.165) is 6.42 Å². The van der Waals surface area contributed by atoms with Crippen LogP contribution in [0.15, 0.2) is 12.1 Å². The molecule has 0 saturated heterocycles. The highest BCUT2D eigenvalue weighted by Gasteiger charge is 2.14. The predicted molar refractivity (Wildman–Crippen MR) is 74.2 cm³/mol. The number of nitrogens with two attached hydrogens (primary N) is 1. The van der Waals surface area contributed by atoms with Gasteiger partial charge in [-0.05, 0) is 24.1 Å². The van der Waals surface area contributed by atoms with Gasteiger partial charge in [0.2, 0.25) is 0 Å². The normalized spacial score (nSPS) is 11.6. The van der Waals surface area contributed by atoms with Crippen molar-refractivity contribution in [2.75, 3.05) is 0 Å². The van der Waals surface area contributed by atoms with Gasteiger partial charge in [0.15, 0.2) is 0 Å². The van der Waals surface area contributed by atoms with Gasteiger partial charge in [0, 0.05) is 0 Å². The van der Waals surface area contributed by atoms with Gasteiger partial charge in [0.25, 0.3) is 0 Å². The van der Waals surface area contributed by atoms with E-state index < -0.39 is 12.0 Å². The predicted octanol–water partition coefficient (Wildman–Crippen LogP) is 2.98. The molecule has 0 aromatic carbocycles. The van der Waals surface area contributed by atoms with E-state index in [1.165, 1.54) is 0 Å². The van der Waals surface area contributed by atoms with Crippen LogP contribution in [0, 0.1) is 0 Å². The van der Waals surface area contributed by atoms with Gasteiger partial charge in [0.1, 0.15) is 23.0 Å². The number of halogens is 3. The lowest BCUT2D eigenvalue weighted by Gasteiger charge is -2.10. The Morgan fingerprint density at radius 3 is 2.50 bits per heavy atom. The largest absolute Gasteiger partial charge is 0.460 e. The number of carbonyl (C=O) groups excluding carboxylic acids is 1. The molecule has 1 atom stereocenters. The first-order valence-electron chi connectivity index (χ1n) is 5.27. The fourth-order valence-corrected chi connectivity index (χ4v) is 1.79. The molecule has 0 bridgehead atoms. The van der Waals surface area contributed by atoms with Crippen LogP contribution in [0.1, 0.15) is 25.3 Å². The summed E-state index contributed by atoms with van der Waals surface area (Å²) in [6, 6.07) is 2.60. The van der Waals surface area contributed by atoms with Gasteiger partial charge in [-0.3, -0.25) is 4.79 Å². The molecule has 102 valence electrons. The highest BCUT2D eigenvalue weighted by atomic mass is 35.5. The number of aromatic nitrogens is 1. The molecule has 0 spiro atoms. The van der Waals surface area contributed by atoms with Gasteiger partial charge in [-0.1, -0.05) is 36.5 Å². The van der Waals surface area contributed by atoms with Crippen molar-refractivity contribution in [2.45, 2.75) is 32.4 Å². The first-order valence-corrected chi connectivity index (χ1v) is 6.02. The van der Waals surface area contributed by atoms with E-state index in [2.05, 4.69) is 4.98 Å². The molecule has 0 unspecified atom stereocenters. The summed E-state index contributed by atoms with van der Waals surface area (Å²) >= 11 is 11.4. The van der Waals surface area contributed by atoms with Crippen LogP contribution in [0.2, 0.25) is 10.3 Å². The van der Waals surface area contributed by atoms with Crippen LogP contribution in [0.5, 0.6) is 0 Å². The van der Waals surface area contributed by atoms with Gasteiger partial charge in [0.05, 0.1) is 0 Å². The summed E-state index contributed by atoms with van der Waals surface area (Å²) in [5.74, 6) is -0.420. The zero-order valence-electron chi connectivity index (χ0n) is 9.86.